The van der Waals surface area contributed by atoms with Gasteiger partial charge in [-0.15, -0.1) is 11.3 Å². The molecule has 22 heavy (non-hydrogen) atoms. The highest BCUT2D eigenvalue weighted by Crippen LogP contribution is 2.18. The highest BCUT2D eigenvalue weighted by Gasteiger charge is 2.18. The molecule has 124 valence electrons. The van der Waals surface area contributed by atoms with Gasteiger partial charge in [-0.05, 0) is 46.0 Å². The third kappa shape index (κ3) is 5.25. The Kier molecular flexibility index (Phi) is 6.64. The number of aryl methyl sites for hydroxylation is 1. The highest BCUT2D eigenvalue weighted by molar-refractivity contribution is 7.09. The standard InChI is InChI=1S/C16H27N3O2S/c1-4-15-19-14(10-22-15)12(3)18-16(20)17-11(2)7-8-13-6-5-9-21-13/h10-13H,4-9H2,1-3H3,(H2,17,18,20)/t11-,12+,13+/m1/s1. The van der Waals surface area contributed by atoms with Crippen molar-refractivity contribution in [1.82, 2.24) is 15.6 Å². The fraction of sp³-hybridized carbons (Fsp3) is 0.750. The van der Waals surface area contributed by atoms with Crippen LogP contribution in [0.5, 0.6) is 0 Å². The molecule has 1 aliphatic rings. The van der Waals surface area contributed by atoms with Crippen LogP contribution in [0.2, 0.25) is 0 Å². The van der Waals surface area contributed by atoms with E-state index < -0.39 is 0 Å². The Balaban J connectivity index is 1.69. The Hall–Kier alpha value is -1.14. The van der Waals surface area contributed by atoms with Gasteiger partial charge < -0.3 is 15.4 Å². The average Bonchev–Trinajstić information content (AvgIpc) is 3.16. The number of nitrogens with one attached hydrogen (secondary N) is 2. The first-order valence-corrected chi connectivity index (χ1v) is 9.09. The van der Waals surface area contributed by atoms with Crippen LogP contribution in [0.3, 0.4) is 0 Å². The van der Waals surface area contributed by atoms with Crippen LogP contribution in [0.1, 0.15) is 63.2 Å². The lowest BCUT2D eigenvalue weighted by molar-refractivity contribution is 0.100. The molecule has 2 heterocycles. The van der Waals surface area contributed by atoms with Gasteiger partial charge in [-0.3, -0.25) is 0 Å². The number of carbonyl (C=O) groups excluding carboxylic acids is 1. The zero-order chi connectivity index (χ0) is 15.9. The van der Waals surface area contributed by atoms with E-state index in [2.05, 4.69) is 22.5 Å². The first kappa shape index (κ1) is 17.2. The van der Waals surface area contributed by atoms with E-state index in [0.29, 0.717) is 6.10 Å². The largest absolute Gasteiger partial charge is 0.378 e. The summed E-state index contributed by atoms with van der Waals surface area (Å²) in [4.78, 5) is 16.5. The van der Waals surface area contributed by atoms with E-state index in [-0.39, 0.29) is 18.1 Å². The Morgan fingerprint density at radius 3 is 2.95 bits per heavy atom. The average molecular weight is 325 g/mol. The Bertz CT molecular complexity index is 472. The van der Waals surface area contributed by atoms with Crippen molar-refractivity contribution in [3.63, 3.8) is 0 Å². The van der Waals surface area contributed by atoms with Crippen molar-refractivity contribution in [2.24, 2.45) is 0 Å². The van der Waals surface area contributed by atoms with Gasteiger partial charge in [0, 0.05) is 18.0 Å². The molecular formula is C16H27N3O2S. The molecule has 2 N–H and O–H groups in total. The van der Waals surface area contributed by atoms with Gasteiger partial charge in [0.25, 0.3) is 0 Å². The number of nitrogens with zero attached hydrogens (tertiary/aromatic N) is 1. The highest BCUT2D eigenvalue weighted by atomic mass is 32.1. The van der Waals surface area contributed by atoms with Crippen LogP contribution in [-0.2, 0) is 11.2 Å². The molecule has 3 atom stereocenters. The van der Waals surface area contributed by atoms with Crippen molar-refractivity contribution in [3.05, 3.63) is 16.1 Å². The molecule has 0 bridgehead atoms. The van der Waals surface area contributed by atoms with Crippen molar-refractivity contribution in [1.29, 1.82) is 0 Å². The molecule has 0 spiro atoms. The molecule has 2 rings (SSSR count). The topological polar surface area (TPSA) is 63.2 Å². The molecule has 0 aliphatic carbocycles. The van der Waals surface area contributed by atoms with Crippen molar-refractivity contribution >= 4 is 17.4 Å². The van der Waals surface area contributed by atoms with E-state index in [0.717, 1.165) is 49.4 Å². The summed E-state index contributed by atoms with van der Waals surface area (Å²) in [6.07, 6.45) is 5.60. The van der Waals surface area contributed by atoms with Gasteiger partial charge in [-0.25, -0.2) is 9.78 Å². The number of ether oxygens (including phenoxy) is 1. The maximum atomic E-state index is 12.0. The normalized spacial score (nSPS) is 20.6. The fourth-order valence-corrected chi connectivity index (χ4v) is 3.44. The number of hydrogen-bond donors (Lipinski definition) is 2. The second kappa shape index (κ2) is 8.48. The van der Waals surface area contributed by atoms with Gasteiger partial charge in [0.15, 0.2) is 0 Å². The quantitative estimate of drug-likeness (QED) is 0.807. The molecular weight excluding hydrogens is 298 g/mol. The van der Waals surface area contributed by atoms with Crippen molar-refractivity contribution in [3.8, 4) is 0 Å². The van der Waals surface area contributed by atoms with Gasteiger partial charge in [0.05, 0.1) is 22.8 Å². The third-order valence-corrected chi connectivity index (χ3v) is 5.00. The van der Waals surface area contributed by atoms with E-state index >= 15 is 0 Å². The molecule has 1 fully saturated rings. The molecule has 5 nitrogen and oxygen atoms in total. The maximum Gasteiger partial charge on any atom is 0.315 e. The second-order valence-electron chi connectivity index (χ2n) is 5.97. The van der Waals surface area contributed by atoms with Gasteiger partial charge in [-0.2, -0.15) is 0 Å². The van der Waals surface area contributed by atoms with Crippen LogP contribution in [0.25, 0.3) is 0 Å². The lowest BCUT2D eigenvalue weighted by atomic mass is 10.1. The van der Waals surface area contributed by atoms with Crippen molar-refractivity contribution in [2.75, 3.05) is 6.61 Å². The van der Waals surface area contributed by atoms with E-state index in [1.54, 1.807) is 11.3 Å². The van der Waals surface area contributed by atoms with Gasteiger partial charge in [0.1, 0.15) is 0 Å². The van der Waals surface area contributed by atoms with Gasteiger partial charge >= 0.3 is 6.03 Å². The van der Waals surface area contributed by atoms with Gasteiger partial charge in [-0.1, -0.05) is 6.92 Å². The molecule has 1 aliphatic heterocycles. The molecule has 0 saturated carbocycles. The summed E-state index contributed by atoms with van der Waals surface area (Å²) in [7, 11) is 0. The Morgan fingerprint density at radius 1 is 1.50 bits per heavy atom. The molecule has 0 radical (unpaired) electrons. The zero-order valence-electron chi connectivity index (χ0n) is 13.7. The third-order valence-electron chi connectivity index (χ3n) is 3.99. The summed E-state index contributed by atoms with van der Waals surface area (Å²) in [5.41, 5.74) is 0.934. The first-order chi connectivity index (χ1) is 10.6. The summed E-state index contributed by atoms with van der Waals surface area (Å²) >= 11 is 1.64. The molecule has 6 heteroatoms. The Labute approximate surface area is 136 Å². The summed E-state index contributed by atoms with van der Waals surface area (Å²) in [6, 6.07) is -0.0432. The number of urea groups is 1. The SMILES string of the molecule is CCc1nc([C@H](C)NC(=O)N[C@H](C)CC[C@@H]2CCCO2)cs1. The molecule has 0 aromatic carbocycles. The lowest BCUT2D eigenvalue weighted by Gasteiger charge is -2.18. The summed E-state index contributed by atoms with van der Waals surface area (Å²) < 4.78 is 5.61. The van der Waals surface area contributed by atoms with Crippen LogP contribution in [0.15, 0.2) is 5.38 Å². The second-order valence-corrected chi connectivity index (χ2v) is 6.92. The van der Waals surface area contributed by atoms with E-state index in [4.69, 9.17) is 4.74 Å². The minimum absolute atomic E-state index is 0.0677. The molecule has 0 unspecified atom stereocenters. The number of rotatable bonds is 7. The number of carbonyl (C=O) groups is 1. The Morgan fingerprint density at radius 2 is 2.32 bits per heavy atom. The van der Waals surface area contributed by atoms with Gasteiger partial charge in [0.2, 0.25) is 0 Å². The monoisotopic (exact) mass is 325 g/mol. The number of aromatic nitrogens is 1. The first-order valence-electron chi connectivity index (χ1n) is 8.21. The van der Waals surface area contributed by atoms with Crippen molar-refractivity contribution in [2.45, 2.75) is 71.1 Å². The fourth-order valence-electron chi connectivity index (χ4n) is 2.60. The summed E-state index contributed by atoms with van der Waals surface area (Å²) in [5, 5.41) is 9.07. The predicted molar refractivity (Wildman–Crippen MR) is 89.2 cm³/mol. The van der Waals surface area contributed by atoms with E-state index in [1.165, 1.54) is 0 Å². The lowest BCUT2D eigenvalue weighted by Crippen LogP contribution is -2.42. The molecule has 1 saturated heterocycles. The number of hydrogen-bond acceptors (Lipinski definition) is 4. The summed E-state index contributed by atoms with van der Waals surface area (Å²) in [5.74, 6) is 0. The minimum Gasteiger partial charge on any atom is -0.378 e. The zero-order valence-corrected chi connectivity index (χ0v) is 14.5. The summed E-state index contributed by atoms with van der Waals surface area (Å²) in [6.45, 7) is 6.98. The number of amides is 2. The molecule has 1 aromatic heterocycles. The molecule has 1 aromatic rings. The van der Waals surface area contributed by atoms with Crippen molar-refractivity contribution < 1.29 is 9.53 Å². The number of thiazole rings is 1. The van der Waals surface area contributed by atoms with E-state index in [9.17, 15) is 4.79 Å². The van der Waals surface area contributed by atoms with Crippen LogP contribution in [-0.4, -0.2) is 29.8 Å². The van der Waals surface area contributed by atoms with Crippen LogP contribution in [0, 0.1) is 0 Å². The molecule has 2 amide bonds. The van der Waals surface area contributed by atoms with Crippen LogP contribution < -0.4 is 10.6 Å². The van der Waals surface area contributed by atoms with Crippen LogP contribution in [0.4, 0.5) is 4.79 Å². The van der Waals surface area contributed by atoms with Crippen LogP contribution >= 0.6 is 11.3 Å². The predicted octanol–water partition coefficient (Wildman–Crippen LogP) is 3.41. The smallest absolute Gasteiger partial charge is 0.315 e. The maximum absolute atomic E-state index is 12.0. The minimum atomic E-state index is -0.126. The van der Waals surface area contributed by atoms with E-state index in [1.807, 2.05) is 19.2 Å².